The summed E-state index contributed by atoms with van der Waals surface area (Å²) in [7, 11) is 0. The molecule has 2 fully saturated rings. The molecule has 18 heavy (non-hydrogen) atoms. The fourth-order valence-electron chi connectivity index (χ4n) is 3.70. The molecule has 3 heteroatoms. The van der Waals surface area contributed by atoms with Crippen LogP contribution in [0.1, 0.15) is 58.3 Å². The number of rotatable bonds is 4. The van der Waals surface area contributed by atoms with Crippen molar-refractivity contribution in [2.75, 3.05) is 13.2 Å². The monoisotopic (exact) mass is 253 g/mol. The van der Waals surface area contributed by atoms with E-state index in [4.69, 9.17) is 0 Å². The van der Waals surface area contributed by atoms with Gasteiger partial charge in [-0.3, -0.25) is 4.79 Å². The lowest BCUT2D eigenvalue weighted by atomic mass is 9.91. The zero-order valence-electron chi connectivity index (χ0n) is 11.6. The van der Waals surface area contributed by atoms with Gasteiger partial charge in [-0.25, -0.2) is 0 Å². The largest absolute Gasteiger partial charge is 0.395 e. The van der Waals surface area contributed by atoms with Crippen LogP contribution in [-0.4, -0.2) is 35.1 Å². The average molecular weight is 253 g/mol. The lowest BCUT2D eigenvalue weighted by Crippen LogP contribution is -2.46. The van der Waals surface area contributed by atoms with Crippen LogP contribution < -0.4 is 0 Å². The maximum Gasteiger partial charge on any atom is 0.226 e. The van der Waals surface area contributed by atoms with Crippen LogP contribution in [0.2, 0.25) is 0 Å². The molecule has 104 valence electrons. The van der Waals surface area contributed by atoms with Crippen LogP contribution in [0.4, 0.5) is 0 Å². The van der Waals surface area contributed by atoms with E-state index in [1.54, 1.807) is 0 Å². The van der Waals surface area contributed by atoms with Gasteiger partial charge >= 0.3 is 0 Å². The van der Waals surface area contributed by atoms with E-state index in [0.717, 1.165) is 19.3 Å². The quantitative estimate of drug-likeness (QED) is 0.836. The second-order valence-corrected chi connectivity index (χ2v) is 6.06. The summed E-state index contributed by atoms with van der Waals surface area (Å²) in [4.78, 5) is 14.7. The Balaban J connectivity index is 2.01. The van der Waals surface area contributed by atoms with Gasteiger partial charge in [-0.2, -0.15) is 0 Å². The number of hydrogen-bond acceptors (Lipinski definition) is 2. The van der Waals surface area contributed by atoms with Crippen molar-refractivity contribution in [2.24, 2.45) is 11.8 Å². The third-order valence-electron chi connectivity index (χ3n) is 4.82. The first-order valence-electron chi connectivity index (χ1n) is 7.65. The average Bonchev–Trinajstić information content (AvgIpc) is 2.82. The lowest BCUT2D eigenvalue weighted by Gasteiger charge is -2.36. The molecule has 2 atom stereocenters. The Morgan fingerprint density at radius 1 is 1.11 bits per heavy atom. The predicted octanol–water partition coefficient (Wildman–Crippen LogP) is 2.58. The third-order valence-corrected chi connectivity index (χ3v) is 4.82. The summed E-state index contributed by atoms with van der Waals surface area (Å²) >= 11 is 0. The Labute approximate surface area is 111 Å². The van der Waals surface area contributed by atoms with E-state index in [1.165, 1.54) is 32.1 Å². The molecule has 2 rings (SSSR count). The highest BCUT2D eigenvalue weighted by atomic mass is 16.3. The summed E-state index contributed by atoms with van der Waals surface area (Å²) < 4.78 is 0. The molecule has 0 radical (unpaired) electrons. The zero-order valence-corrected chi connectivity index (χ0v) is 11.6. The Hall–Kier alpha value is -0.570. The number of carbonyl (C=O) groups excluding carboxylic acids is 1. The number of nitrogens with zero attached hydrogens (tertiary/aromatic N) is 1. The maximum atomic E-state index is 12.7. The minimum absolute atomic E-state index is 0.101. The molecular formula is C15H27NO2. The Morgan fingerprint density at radius 3 is 2.39 bits per heavy atom. The summed E-state index contributed by atoms with van der Waals surface area (Å²) in [5, 5.41) is 9.23. The summed E-state index contributed by atoms with van der Waals surface area (Å²) in [5.41, 5.74) is 0. The van der Waals surface area contributed by atoms with Gasteiger partial charge in [0.2, 0.25) is 5.91 Å². The summed E-state index contributed by atoms with van der Waals surface area (Å²) in [6.45, 7) is 2.84. The second kappa shape index (κ2) is 6.55. The number of amides is 1. The minimum atomic E-state index is 0.101. The van der Waals surface area contributed by atoms with Crippen molar-refractivity contribution in [3.8, 4) is 0 Å². The van der Waals surface area contributed by atoms with Crippen molar-refractivity contribution in [3.63, 3.8) is 0 Å². The highest BCUT2D eigenvalue weighted by Crippen LogP contribution is 2.34. The van der Waals surface area contributed by atoms with Crippen LogP contribution in [0.25, 0.3) is 0 Å². The second-order valence-electron chi connectivity index (χ2n) is 6.06. The molecule has 0 aromatic rings. The Kier molecular flexibility index (Phi) is 5.04. The lowest BCUT2D eigenvalue weighted by molar-refractivity contribution is -0.140. The molecule has 2 saturated carbocycles. The normalized spacial score (nSPS) is 29.4. The number of hydrogen-bond donors (Lipinski definition) is 1. The molecule has 0 aromatic heterocycles. The van der Waals surface area contributed by atoms with Gasteiger partial charge in [-0.15, -0.1) is 0 Å². The van der Waals surface area contributed by atoms with Crippen molar-refractivity contribution >= 4 is 5.91 Å². The van der Waals surface area contributed by atoms with E-state index in [0.29, 0.717) is 24.4 Å². The van der Waals surface area contributed by atoms with Crippen molar-refractivity contribution in [1.29, 1.82) is 0 Å². The van der Waals surface area contributed by atoms with E-state index in [9.17, 15) is 9.90 Å². The van der Waals surface area contributed by atoms with E-state index < -0.39 is 0 Å². The number of carbonyl (C=O) groups is 1. The molecule has 1 amide bonds. The molecule has 0 aliphatic heterocycles. The van der Waals surface area contributed by atoms with Gasteiger partial charge in [0.1, 0.15) is 0 Å². The Morgan fingerprint density at radius 2 is 1.83 bits per heavy atom. The molecule has 0 bridgehead atoms. The zero-order chi connectivity index (χ0) is 13.0. The number of aliphatic hydroxyl groups excluding tert-OH is 1. The van der Waals surface area contributed by atoms with Crippen LogP contribution in [0.3, 0.4) is 0 Å². The fraction of sp³-hybridized carbons (Fsp3) is 0.933. The molecule has 2 aliphatic carbocycles. The van der Waals surface area contributed by atoms with Crippen molar-refractivity contribution in [1.82, 2.24) is 4.90 Å². The Bertz CT molecular complexity index is 274. The van der Waals surface area contributed by atoms with Gasteiger partial charge in [0.25, 0.3) is 0 Å². The van der Waals surface area contributed by atoms with E-state index in [-0.39, 0.29) is 12.5 Å². The third kappa shape index (κ3) is 3.05. The van der Waals surface area contributed by atoms with Gasteiger partial charge in [-0.05, 0) is 31.6 Å². The van der Waals surface area contributed by atoms with Crippen LogP contribution >= 0.6 is 0 Å². The molecular weight excluding hydrogens is 226 g/mol. The topological polar surface area (TPSA) is 40.5 Å². The fourth-order valence-corrected chi connectivity index (χ4v) is 3.70. The SMILES string of the molecule is CC1CCCC1C(=O)N(CCO)C1CCCCC1. The molecule has 2 aliphatic rings. The minimum Gasteiger partial charge on any atom is -0.395 e. The molecule has 1 N–H and O–H groups in total. The molecule has 0 heterocycles. The molecule has 2 unspecified atom stereocenters. The van der Waals surface area contributed by atoms with Crippen LogP contribution in [0, 0.1) is 11.8 Å². The van der Waals surface area contributed by atoms with E-state index >= 15 is 0 Å². The van der Waals surface area contributed by atoms with Crippen molar-refractivity contribution < 1.29 is 9.90 Å². The van der Waals surface area contributed by atoms with Crippen molar-refractivity contribution in [3.05, 3.63) is 0 Å². The van der Waals surface area contributed by atoms with Crippen LogP contribution in [0.5, 0.6) is 0 Å². The van der Waals surface area contributed by atoms with Gasteiger partial charge in [0.15, 0.2) is 0 Å². The smallest absolute Gasteiger partial charge is 0.226 e. The highest BCUT2D eigenvalue weighted by Gasteiger charge is 2.35. The highest BCUT2D eigenvalue weighted by molar-refractivity contribution is 5.79. The summed E-state index contributed by atoms with van der Waals surface area (Å²) in [5.74, 6) is 1.07. The van der Waals surface area contributed by atoms with Crippen molar-refractivity contribution in [2.45, 2.75) is 64.3 Å². The van der Waals surface area contributed by atoms with Gasteiger partial charge < -0.3 is 10.0 Å². The molecule has 0 aromatic carbocycles. The maximum absolute atomic E-state index is 12.7. The predicted molar refractivity (Wildman–Crippen MR) is 72.2 cm³/mol. The van der Waals surface area contributed by atoms with E-state index in [2.05, 4.69) is 6.92 Å². The van der Waals surface area contributed by atoms with E-state index in [1.807, 2.05) is 4.90 Å². The molecule has 0 spiro atoms. The van der Waals surface area contributed by atoms with Gasteiger partial charge in [0.05, 0.1) is 6.61 Å². The van der Waals surface area contributed by atoms with Crippen LogP contribution in [0.15, 0.2) is 0 Å². The molecule has 3 nitrogen and oxygen atoms in total. The number of aliphatic hydroxyl groups is 1. The summed E-state index contributed by atoms with van der Waals surface area (Å²) in [6.07, 6.45) is 9.47. The van der Waals surface area contributed by atoms with Gasteiger partial charge in [0, 0.05) is 18.5 Å². The standard InChI is InChI=1S/C15H27NO2/c1-12-6-5-9-14(12)15(18)16(10-11-17)13-7-3-2-4-8-13/h12-14,17H,2-11H2,1H3. The first-order chi connectivity index (χ1) is 8.74. The van der Waals surface area contributed by atoms with Crippen LogP contribution in [-0.2, 0) is 4.79 Å². The van der Waals surface area contributed by atoms with Gasteiger partial charge in [-0.1, -0.05) is 32.6 Å². The first-order valence-corrected chi connectivity index (χ1v) is 7.65. The summed E-state index contributed by atoms with van der Waals surface area (Å²) in [6, 6.07) is 0.395. The molecule has 0 saturated heterocycles. The first kappa shape index (κ1) is 13.9.